The number of nitrogens with one attached hydrogen (secondary N) is 1. The molecule has 1 heterocycles. The molecule has 0 aliphatic rings. The predicted octanol–water partition coefficient (Wildman–Crippen LogP) is 1.82. The van der Waals surface area contributed by atoms with Gasteiger partial charge in [0.05, 0.1) is 5.51 Å². The van der Waals surface area contributed by atoms with Crippen molar-refractivity contribution in [1.29, 1.82) is 0 Å². The average molecular weight is 256 g/mol. The molecule has 1 N–H and O–H groups in total. The summed E-state index contributed by atoms with van der Waals surface area (Å²) in [6.07, 6.45) is -4.53. The van der Waals surface area contributed by atoms with Gasteiger partial charge in [0.2, 0.25) is 0 Å². The zero-order chi connectivity index (χ0) is 11.5. The molecule has 1 aromatic heterocycles. The quantitative estimate of drug-likeness (QED) is 0.810. The van der Waals surface area contributed by atoms with Crippen LogP contribution in [0.1, 0.15) is 15.4 Å². The third-order valence-electron chi connectivity index (χ3n) is 1.44. The molecule has 0 saturated carbocycles. The lowest BCUT2D eigenvalue weighted by Gasteiger charge is -2.06. The smallest absolute Gasteiger partial charge is 0.350 e. The fourth-order valence-corrected chi connectivity index (χ4v) is 1.63. The molecule has 0 saturated heterocycles. The van der Waals surface area contributed by atoms with Gasteiger partial charge in [-0.2, -0.15) is 25.8 Å². The van der Waals surface area contributed by atoms with E-state index in [1.807, 2.05) is 0 Å². The van der Waals surface area contributed by atoms with Crippen molar-refractivity contribution in [2.24, 2.45) is 0 Å². The average Bonchev–Trinajstić information content (AvgIpc) is 2.61. The number of aromatic nitrogens is 1. The molecule has 8 heteroatoms. The Kier molecular flexibility index (Phi) is 3.97. The van der Waals surface area contributed by atoms with Crippen molar-refractivity contribution in [1.82, 2.24) is 10.3 Å². The second-order valence-electron chi connectivity index (χ2n) is 2.51. The summed E-state index contributed by atoms with van der Waals surface area (Å²) in [5.74, 6) is -0.463. The van der Waals surface area contributed by atoms with E-state index < -0.39 is 22.7 Å². The highest BCUT2D eigenvalue weighted by atomic mass is 32.1. The number of hydrogen-bond donors (Lipinski definition) is 2. The van der Waals surface area contributed by atoms with Crippen LogP contribution >= 0.6 is 24.0 Å². The van der Waals surface area contributed by atoms with Crippen LogP contribution in [-0.2, 0) is 6.18 Å². The van der Waals surface area contributed by atoms with Crippen LogP contribution in [0, 0.1) is 0 Å². The standard InChI is InChI=1S/C7H7F3N2OS2/c8-7(9,10)5-4(12-3-15-5)6(13)11-1-2-14/h3,14H,1-2H2,(H,11,13). The van der Waals surface area contributed by atoms with Crippen LogP contribution < -0.4 is 5.32 Å². The number of rotatable bonds is 3. The van der Waals surface area contributed by atoms with Gasteiger partial charge in [-0.05, 0) is 0 Å². The van der Waals surface area contributed by atoms with Gasteiger partial charge >= 0.3 is 6.18 Å². The molecule has 0 fully saturated rings. The third-order valence-corrected chi connectivity index (χ3v) is 2.53. The zero-order valence-electron chi connectivity index (χ0n) is 7.34. The van der Waals surface area contributed by atoms with E-state index in [1.165, 1.54) is 0 Å². The number of carbonyl (C=O) groups excluding carboxylic acids is 1. The fourth-order valence-electron chi connectivity index (χ4n) is 0.862. The summed E-state index contributed by atoms with van der Waals surface area (Å²) in [6, 6.07) is 0. The van der Waals surface area contributed by atoms with Crippen molar-refractivity contribution in [3.05, 3.63) is 16.1 Å². The van der Waals surface area contributed by atoms with Gasteiger partial charge < -0.3 is 5.32 Å². The first kappa shape index (κ1) is 12.3. The predicted molar refractivity (Wildman–Crippen MR) is 53.3 cm³/mol. The van der Waals surface area contributed by atoms with E-state index in [2.05, 4.69) is 22.9 Å². The Morgan fingerprint density at radius 3 is 2.80 bits per heavy atom. The Morgan fingerprint density at radius 2 is 2.27 bits per heavy atom. The molecular weight excluding hydrogens is 249 g/mol. The van der Waals surface area contributed by atoms with Gasteiger partial charge in [0.15, 0.2) is 5.69 Å². The first-order valence-electron chi connectivity index (χ1n) is 3.86. The summed E-state index contributed by atoms with van der Waals surface area (Å²) >= 11 is 4.22. The second-order valence-corrected chi connectivity index (χ2v) is 3.81. The van der Waals surface area contributed by atoms with Crippen LogP contribution in [0.5, 0.6) is 0 Å². The van der Waals surface area contributed by atoms with Crippen molar-refractivity contribution in [2.45, 2.75) is 6.18 Å². The van der Waals surface area contributed by atoms with Gasteiger partial charge in [-0.3, -0.25) is 4.79 Å². The van der Waals surface area contributed by atoms with Crippen LogP contribution in [0.4, 0.5) is 13.2 Å². The number of alkyl halides is 3. The molecule has 0 spiro atoms. The molecule has 0 unspecified atom stereocenters. The van der Waals surface area contributed by atoms with Crippen LogP contribution in [0.15, 0.2) is 5.51 Å². The van der Waals surface area contributed by atoms with E-state index in [0.29, 0.717) is 17.1 Å². The summed E-state index contributed by atoms with van der Waals surface area (Å²) in [5, 5.41) is 2.28. The minimum absolute atomic E-state index is 0.205. The molecular formula is C7H7F3N2OS2. The van der Waals surface area contributed by atoms with Crippen LogP contribution in [0.25, 0.3) is 0 Å². The molecule has 0 aromatic carbocycles. The highest BCUT2D eigenvalue weighted by Crippen LogP contribution is 2.34. The van der Waals surface area contributed by atoms with Crippen molar-refractivity contribution in [3.8, 4) is 0 Å². The van der Waals surface area contributed by atoms with Crippen molar-refractivity contribution in [3.63, 3.8) is 0 Å². The van der Waals surface area contributed by atoms with E-state index in [0.717, 1.165) is 5.51 Å². The van der Waals surface area contributed by atoms with Crippen molar-refractivity contribution >= 4 is 29.9 Å². The van der Waals surface area contributed by atoms with Gasteiger partial charge in [0.25, 0.3) is 5.91 Å². The molecule has 1 rings (SSSR count). The lowest BCUT2D eigenvalue weighted by Crippen LogP contribution is -2.27. The Morgan fingerprint density at radius 1 is 1.60 bits per heavy atom. The second kappa shape index (κ2) is 4.84. The van der Waals surface area contributed by atoms with E-state index in [9.17, 15) is 18.0 Å². The molecule has 1 amide bonds. The molecule has 0 atom stereocenters. The maximum atomic E-state index is 12.3. The molecule has 15 heavy (non-hydrogen) atoms. The highest BCUT2D eigenvalue weighted by molar-refractivity contribution is 7.80. The van der Waals surface area contributed by atoms with Gasteiger partial charge in [-0.15, -0.1) is 11.3 Å². The number of nitrogens with zero attached hydrogens (tertiary/aromatic N) is 1. The first-order chi connectivity index (χ1) is 6.96. The third kappa shape index (κ3) is 3.10. The molecule has 0 aliphatic carbocycles. The monoisotopic (exact) mass is 256 g/mol. The largest absolute Gasteiger partial charge is 0.427 e. The Labute approximate surface area is 93.1 Å². The van der Waals surface area contributed by atoms with E-state index in [-0.39, 0.29) is 6.54 Å². The van der Waals surface area contributed by atoms with E-state index in [4.69, 9.17) is 0 Å². The Hall–Kier alpha value is -0.760. The Bertz CT molecular complexity index is 350. The van der Waals surface area contributed by atoms with Crippen molar-refractivity contribution in [2.75, 3.05) is 12.3 Å². The molecule has 84 valence electrons. The number of halogens is 3. The highest BCUT2D eigenvalue weighted by Gasteiger charge is 2.37. The number of carbonyl (C=O) groups is 1. The summed E-state index contributed by atoms with van der Waals surface area (Å²) in [5.41, 5.74) is 0.424. The van der Waals surface area contributed by atoms with Crippen molar-refractivity contribution < 1.29 is 18.0 Å². The van der Waals surface area contributed by atoms with Gasteiger partial charge in [0.1, 0.15) is 4.88 Å². The van der Waals surface area contributed by atoms with Gasteiger partial charge in [0, 0.05) is 12.3 Å². The number of thiazole rings is 1. The van der Waals surface area contributed by atoms with Crippen LogP contribution in [0.3, 0.4) is 0 Å². The summed E-state index contributed by atoms with van der Waals surface area (Å²) in [7, 11) is 0. The van der Waals surface area contributed by atoms with E-state index in [1.54, 1.807) is 0 Å². The molecule has 0 radical (unpaired) electrons. The number of amides is 1. The van der Waals surface area contributed by atoms with E-state index >= 15 is 0 Å². The first-order valence-corrected chi connectivity index (χ1v) is 5.37. The maximum absolute atomic E-state index is 12.3. The SMILES string of the molecule is O=C(NCCS)c1ncsc1C(F)(F)F. The minimum Gasteiger partial charge on any atom is -0.350 e. The Balaban J connectivity index is 2.86. The molecule has 0 bridgehead atoms. The molecule has 3 nitrogen and oxygen atoms in total. The lowest BCUT2D eigenvalue weighted by molar-refractivity contribution is -0.134. The number of hydrogen-bond acceptors (Lipinski definition) is 4. The zero-order valence-corrected chi connectivity index (χ0v) is 9.05. The minimum atomic E-state index is -4.53. The summed E-state index contributed by atoms with van der Waals surface area (Å²) in [4.78, 5) is 13.7. The normalized spacial score (nSPS) is 11.5. The topological polar surface area (TPSA) is 42.0 Å². The molecule has 1 aromatic rings. The maximum Gasteiger partial charge on any atom is 0.427 e. The van der Waals surface area contributed by atoms with Gasteiger partial charge in [-0.25, -0.2) is 4.98 Å². The fraction of sp³-hybridized carbons (Fsp3) is 0.429. The number of thiol groups is 1. The van der Waals surface area contributed by atoms with Crippen LogP contribution in [-0.4, -0.2) is 23.2 Å². The molecule has 0 aliphatic heterocycles. The summed E-state index contributed by atoms with van der Waals surface area (Å²) < 4.78 is 37.0. The van der Waals surface area contributed by atoms with Crippen LogP contribution in [0.2, 0.25) is 0 Å². The summed E-state index contributed by atoms with van der Waals surface area (Å²) in [6.45, 7) is 0.205. The lowest BCUT2D eigenvalue weighted by atomic mass is 10.3. The van der Waals surface area contributed by atoms with Gasteiger partial charge in [-0.1, -0.05) is 0 Å².